The van der Waals surface area contributed by atoms with E-state index in [2.05, 4.69) is 131 Å². The molecular weight excluding hydrogens is 1960 g/mol. The average molecular weight is 2080 g/mol. The molecule has 0 saturated heterocycles. The van der Waals surface area contributed by atoms with Gasteiger partial charge in [0, 0.05) is 19.6 Å². The Morgan fingerprint density at radius 1 is 0.496 bits per heavy atom. The summed E-state index contributed by atoms with van der Waals surface area (Å²) in [5.74, 6) is 1.70. The van der Waals surface area contributed by atoms with Crippen LogP contribution in [-0.2, 0) is 84.1 Å². The number of rotatable bonds is 47. The number of nitrogen functional groups attached to an aromatic ring is 1. The molecule has 0 aliphatic carbocycles. The zero-order valence-electron chi connectivity index (χ0n) is 79.9. The average Bonchev–Trinajstić information content (AvgIpc) is 0.914. The molecule has 0 bridgehead atoms. The lowest BCUT2D eigenvalue weighted by Crippen LogP contribution is -2.50. The maximum atomic E-state index is 13.2. The quantitative estimate of drug-likeness (QED) is 0.00515. The SMILES string of the molecule is CCCC[N+](CCCC)(CCCC)CCCC.COc1ccc(C(Nc2nc(Cl)c3ncn(CCOCP(=O)(OC(C)C)OC(C)C)c3n2)(c2ccccc2)c2ccccc2)cc1.COc1ccc(C(Nc2nc(Cl)c3ncn(CCOCP(=O)([O-])O)c3n2)(c2ccccc2)c2ccccc2)cc1.Cc1oc(=O)oc1CBr.Cc1oc(=O)oc1COP(=O)(O)COCCn1cnc2c(=O)[nH]c(N)nc21. The third-order valence-electron chi connectivity index (χ3n) is 21.9. The van der Waals surface area contributed by atoms with E-state index < -0.39 is 70.4 Å². The number of methoxy groups -OCH3 is 2. The van der Waals surface area contributed by atoms with Crippen LogP contribution in [0.1, 0.15) is 163 Å². The van der Waals surface area contributed by atoms with Crippen LogP contribution in [0.4, 0.5) is 17.8 Å². The molecular formula is C96H122BrCl2N16O21P3. The molecule has 0 radical (unpaired) electrons. The van der Waals surface area contributed by atoms with Gasteiger partial charge in [0.2, 0.25) is 17.8 Å². The van der Waals surface area contributed by atoms with E-state index in [0.29, 0.717) is 51.7 Å². The molecule has 8 aromatic heterocycles. The number of halogens is 3. The van der Waals surface area contributed by atoms with Crippen molar-refractivity contribution >= 4 is 113 Å². The van der Waals surface area contributed by atoms with Crippen molar-refractivity contribution < 1.29 is 87.8 Å². The topological polar surface area (TPSA) is 476 Å². The number of fused-ring (bicyclic) bond motifs is 3. The highest BCUT2D eigenvalue weighted by Crippen LogP contribution is 2.51. The Balaban J connectivity index is 0.000000194. The maximum Gasteiger partial charge on any atom is 0.519 e. The normalized spacial score (nSPS) is 12.7. The van der Waals surface area contributed by atoms with Crippen molar-refractivity contribution in [3.05, 3.63) is 287 Å². The fourth-order valence-electron chi connectivity index (χ4n) is 15.2. The van der Waals surface area contributed by atoms with Crippen LogP contribution < -0.4 is 47.9 Å². The molecule has 7 N–H and O–H groups in total. The van der Waals surface area contributed by atoms with Crippen molar-refractivity contribution in [1.29, 1.82) is 0 Å². The van der Waals surface area contributed by atoms with Crippen LogP contribution in [0.3, 0.4) is 0 Å². The Hall–Kier alpha value is -10.9. The highest BCUT2D eigenvalue weighted by Gasteiger charge is 2.40. The molecule has 2 unspecified atom stereocenters. The van der Waals surface area contributed by atoms with Crippen molar-refractivity contribution in [2.75, 3.05) is 95.6 Å². The summed E-state index contributed by atoms with van der Waals surface area (Å²) >= 11 is 16.4. The maximum absolute atomic E-state index is 13.2. The molecule has 748 valence electrons. The second kappa shape index (κ2) is 53.1. The van der Waals surface area contributed by atoms with Gasteiger partial charge in [0.1, 0.15) is 70.8 Å². The third kappa shape index (κ3) is 31.3. The third-order valence-corrected chi connectivity index (χ3v) is 26.4. The molecule has 0 aliphatic heterocycles. The van der Waals surface area contributed by atoms with E-state index in [9.17, 15) is 37.9 Å². The fraction of sp³-hybridized carbons (Fsp3) is 0.406. The highest BCUT2D eigenvalue weighted by molar-refractivity contribution is 9.08. The van der Waals surface area contributed by atoms with E-state index in [0.717, 1.165) is 44.9 Å². The lowest BCUT2D eigenvalue weighted by Gasteiger charge is -2.39. The van der Waals surface area contributed by atoms with Crippen LogP contribution in [0.25, 0.3) is 33.5 Å². The minimum Gasteiger partial charge on any atom is -0.777 e. The molecule has 0 amide bonds. The molecule has 14 rings (SSSR count). The number of nitrogens with one attached hydrogen (secondary N) is 3. The number of aromatic nitrogens is 12. The molecule has 8 heterocycles. The Kier molecular flexibility index (Phi) is 42.1. The molecule has 43 heteroatoms. The van der Waals surface area contributed by atoms with Gasteiger partial charge in [-0.1, -0.05) is 238 Å². The molecule has 37 nitrogen and oxygen atoms in total. The Morgan fingerprint density at radius 3 is 1.17 bits per heavy atom. The van der Waals surface area contributed by atoms with Gasteiger partial charge in [0.05, 0.1) is 96.7 Å². The number of nitrogens with two attached hydrogens (primary N) is 1. The van der Waals surface area contributed by atoms with Gasteiger partial charge in [0.15, 0.2) is 51.9 Å². The number of anilines is 3. The number of imidazole rings is 3. The van der Waals surface area contributed by atoms with Crippen LogP contribution in [0.15, 0.2) is 221 Å². The zero-order valence-corrected chi connectivity index (χ0v) is 85.7. The smallest absolute Gasteiger partial charge is 0.519 e. The van der Waals surface area contributed by atoms with E-state index in [1.165, 1.54) is 106 Å². The van der Waals surface area contributed by atoms with Gasteiger partial charge in [0.25, 0.3) is 5.56 Å². The number of aryl methyl sites for hydroxylation is 2. The molecule has 2 atom stereocenters. The number of nitrogens with zero attached hydrogens (tertiary/aromatic N) is 12. The van der Waals surface area contributed by atoms with Crippen molar-refractivity contribution in [3.8, 4) is 11.5 Å². The monoisotopic (exact) mass is 2080 g/mol. The summed E-state index contributed by atoms with van der Waals surface area (Å²) in [6.45, 7) is 26.0. The summed E-state index contributed by atoms with van der Waals surface area (Å²) in [5, 5.41) is 8.12. The summed E-state index contributed by atoms with van der Waals surface area (Å²) in [7, 11) is -8.76. The Bertz CT molecular complexity index is 6360. The first-order chi connectivity index (χ1) is 66.7. The molecule has 14 aromatic rings. The first-order valence-corrected chi connectivity index (χ1v) is 52.6. The minimum atomic E-state index is -4.51. The lowest BCUT2D eigenvalue weighted by atomic mass is 9.77. The predicted octanol–water partition coefficient (Wildman–Crippen LogP) is 18.7. The number of unbranched alkanes of at least 4 members (excludes halogenated alkanes) is 4. The van der Waals surface area contributed by atoms with E-state index in [1.807, 2.05) is 178 Å². The number of ether oxygens (including phenoxy) is 5. The predicted molar refractivity (Wildman–Crippen MR) is 535 cm³/mol. The number of quaternary nitrogens is 1. The van der Waals surface area contributed by atoms with Crippen LogP contribution in [0.5, 0.6) is 11.5 Å². The van der Waals surface area contributed by atoms with E-state index in [1.54, 1.807) is 32.0 Å². The lowest BCUT2D eigenvalue weighted by molar-refractivity contribution is -0.929. The van der Waals surface area contributed by atoms with Gasteiger partial charge in [-0.25, -0.2) is 24.5 Å². The largest absolute Gasteiger partial charge is 0.777 e. The number of benzene rings is 6. The molecule has 0 saturated carbocycles. The zero-order chi connectivity index (χ0) is 100. The summed E-state index contributed by atoms with van der Waals surface area (Å²) in [5.41, 5.74) is 11.1. The Morgan fingerprint density at radius 2 is 0.842 bits per heavy atom. The van der Waals surface area contributed by atoms with E-state index >= 15 is 0 Å². The van der Waals surface area contributed by atoms with Gasteiger partial charge < -0.3 is 104 Å². The summed E-state index contributed by atoms with van der Waals surface area (Å²) < 4.78 is 104. The van der Waals surface area contributed by atoms with Crippen LogP contribution in [-0.4, -0.2) is 164 Å². The Labute approximate surface area is 824 Å². The minimum absolute atomic E-state index is 0.00640. The standard InChI is InChI=1S/C34H39ClN5O5P.C28H27ClN5O5P.C16H36N.C13H16N5O8P.C5H5BrO3/c1-24(2)44-46(41,45-25(3)4)23-43-21-20-40-22-36-30-31(35)37-33(38-32(30)40)39-34(26-12-8-6-9-13-26,27-14-10-7-11-15-27)28-16-18-29(42-5)19-17-28;1-38-23-14-12-22(13-15-23)28(20-8-4-2-5-9-20,21-10-6-3-7-11-21)33-27-31-25(29)24-26(32-27)34(18-30-24)16-17-39-19-40(35,36)37;1-5-9-13-17(14-10-6-2,15-11-7-3)16-12-8-4;1-7-8(26-13(20)25-7)4-24-27(21,22)6-23-3-2-18-5-15-9-10(18)16-12(14)17-11(9)19;1-3-4(2-6)9-5(7)8-3/h6-19,22,24-25H,20-21,23H2,1-5H3,(H,37,38,39);2-15,18H,16-17,19H2,1H3,(H,31,32,33)(H2,35,36,37);5-16H2,1-4H3;5H,2-4,6H2,1H3,(H,21,22)(H3,14,16,17,19);2H2,1H3/q;;+1;;/p-1. The van der Waals surface area contributed by atoms with Crippen LogP contribution in [0.2, 0.25) is 10.3 Å². The van der Waals surface area contributed by atoms with Gasteiger partial charge in [-0.2, -0.15) is 24.9 Å². The first-order valence-electron chi connectivity index (χ1n) is 45.5. The van der Waals surface area contributed by atoms with Gasteiger partial charge in [-0.3, -0.25) is 23.4 Å². The van der Waals surface area contributed by atoms with Crippen LogP contribution >= 0.6 is 61.9 Å². The number of hydrogen-bond donors (Lipinski definition) is 6. The van der Waals surface area contributed by atoms with Gasteiger partial charge in [-0.15, -0.1) is 0 Å². The van der Waals surface area contributed by atoms with Crippen molar-refractivity contribution in [3.63, 3.8) is 0 Å². The van der Waals surface area contributed by atoms with E-state index in [4.69, 9.17) is 81.1 Å². The molecule has 6 aromatic carbocycles. The number of H-pyrrole nitrogens is 1. The molecule has 0 spiro atoms. The van der Waals surface area contributed by atoms with Crippen molar-refractivity contribution in [2.24, 2.45) is 0 Å². The number of aromatic amines is 1. The highest BCUT2D eigenvalue weighted by atomic mass is 79.9. The number of alkyl halides is 1. The molecule has 139 heavy (non-hydrogen) atoms. The number of hydrogen-bond acceptors (Lipinski definition) is 30. The van der Waals surface area contributed by atoms with Gasteiger partial charge in [-0.05, 0) is 125 Å². The fourth-order valence-corrected chi connectivity index (χ4v) is 19.1. The van der Waals surface area contributed by atoms with Crippen molar-refractivity contribution in [2.45, 2.75) is 175 Å². The van der Waals surface area contributed by atoms with Crippen LogP contribution in [0, 0.1) is 13.8 Å². The van der Waals surface area contributed by atoms with Crippen molar-refractivity contribution in [1.82, 2.24) is 58.6 Å². The molecule has 0 aliphatic rings. The molecule has 0 fully saturated rings. The summed E-state index contributed by atoms with van der Waals surface area (Å²) in [6.07, 6.45) is 13.5. The second-order valence-corrected chi connectivity index (χ2v) is 39.4. The van der Waals surface area contributed by atoms with Gasteiger partial charge >= 0.3 is 26.8 Å². The first kappa shape index (κ1) is 110. The van der Waals surface area contributed by atoms with E-state index in [-0.39, 0.29) is 96.4 Å². The summed E-state index contributed by atoms with van der Waals surface area (Å²) in [6, 6.07) is 55.8. The summed E-state index contributed by atoms with van der Waals surface area (Å²) in [4.78, 5) is 100. The second-order valence-electron chi connectivity index (χ2n) is 32.9.